The molecule has 0 bridgehead atoms. The third-order valence-electron chi connectivity index (χ3n) is 0.769. The van der Waals surface area contributed by atoms with Crippen molar-refractivity contribution in [2.75, 3.05) is 0 Å². The van der Waals surface area contributed by atoms with Crippen molar-refractivity contribution in [1.82, 2.24) is 16.3 Å². The van der Waals surface area contributed by atoms with Gasteiger partial charge in [-0.15, -0.1) is 10.2 Å². The minimum atomic E-state index is -4.34. The van der Waals surface area contributed by atoms with Gasteiger partial charge in [-0.1, -0.05) is 11.3 Å². The maximum absolute atomic E-state index is 11.7. The van der Waals surface area contributed by atoms with Crippen LogP contribution in [0.5, 0.6) is 0 Å². The first-order chi connectivity index (χ1) is 4.50. The number of rotatable bonds is 0. The summed E-state index contributed by atoms with van der Waals surface area (Å²) in [4.78, 5) is 0. The molecule has 1 rings (SSSR count). The Labute approximate surface area is 64.8 Å². The van der Waals surface area contributed by atoms with Crippen LogP contribution in [0.2, 0.25) is 0 Å². The fraction of sp³-hybridized carbons (Fsp3) is 0.500. The van der Waals surface area contributed by atoms with E-state index in [0.717, 1.165) is 0 Å². The topological polar surface area (TPSA) is 60.8 Å². The fourth-order valence-corrected chi connectivity index (χ4v) is 0.970. The fourth-order valence-electron chi connectivity index (χ4n) is 0.411. The van der Waals surface area contributed by atoms with Crippen molar-refractivity contribution in [2.24, 2.45) is 0 Å². The standard InChI is InChI=1S/C4H3F3N2S.H3N/c1-2-8-9-3(10-2)4(5,6)7;/h1H3;1H3. The minimum Gasteiger partial charge on any atom is -0.344 e. The Morgan fingerprint density at radius 2 is 1.82 bits per heavy atom. The molecule has 0 saturated heterocycles. The maximum atomic E-state index is 11.7. The first kappa shape index (κ1) is 10.3. The predicted octanol–water partition coefficient (Wildman–Crippen LogP) is 2.03. The van der Waals surface area contributed by atoms with Crippen molar-refractivity contribution in [3.8, 4) is 0 Å². The van der Waals surface area contributed by atoms with Crippen LogP contribution in [0.3, 0.4) is 0 Å². The van der Waals surface area contributed by atoms with Gasteiger partial charge >= 0.3 is 6.18 Å². The van der Waals surface area contributed by atoms with E-state index >= 15 is 0 Å². The van der Waals surface area contributed by atoms with E-state index in [1.165, 1.54) is 6.92 Å². The molecule has 0 unspecified atom stereocenters. The molecule has 3 nitrogen and oxygen atoms in total. The van der Waals surface area contributed by atoms with Gasteiger partial charge in [0.25, 0.3) is 0 Å². The van der Waals surface area contributed by atoms with Gasteiger partial charge in [-0.3, -0.25) is 0 Å². The largest absolute Gasteiger partial charge is 0.445 e. The Morgan fingerprint density at radius 3 is 2.00 bits per heavy atom. The van der Waals surface area contributed by atoms with Crippen molar-refractivity contribution in [3.05, 3.63) is 10.0 Å². The lowest BCUT2D eigenvalue weighted by molar-refractivity contribution is -0.138. The second kappa shape index (κ2) is 3.14. The summed E-state index contributed by atoms with van der Waals surface area (Å²) < 4.78 is 35.1. The molecule has 0 atom stereocenters. The first-order valence-electron chi connectivity index (χ1n) is 2.37. The van der Waals surface area contributed by atoms with Crippen molar-refractivity contribution in [1.29, 1.82) is 0 Å². The highest BCUT2D eigenvalue weighted by molar-refractivity contribution is 7.11. The van der Waals surface area contributed by atoms with Crippen LogP contribution >= 0.6 is 11.3 Å². The van der Waals surface area contributed by atoms with Crippen LogP contribution in [0.25, 0.3) is 0 Å². The molecule has 0 aliphatic heterocycles. The maximum Gasteiger partial charge on any atom is 0.445 e. The van der Waals surface area contributed by atoms with Gasteiger partial charge < -0.3 is 6.15 Å². The summed E-state index contributed by atoms with van der Waals surface area (Å²) in [5, 5.41) is 5.60. The SMILES string of the molecule is Cc1nnc(C(F)(F)F)s1.N. The molecule has 1 aromatic heterocycles. The summed E-state index contributed by atoms with van der Waals surface area (Å²) in [5.74, 6) is 0. The molecule has 11 heavy (non-hydrogen) atoms. The van der Waals surface area contributed by atoms with Gasteiger partial charge in [0.2, 0.25) is 5.01 Å². The molecule has 7 heteroatoms. The number of hydrogen-bond donors (Lipinski definition) is 1. The van der Waals surface area contributed by atoms with Crippen LogP contribution in [0.1, 0.15) is 10.0 Å². The molecule has 0 amide bonds. The number of nitrogens with zero attached hydrogens (tertiary/aromatic N) is 2. The van der Waals surface area contributed by atoms with Gasteiger partial charge in [-0.25, -0.2) is 0 Å². The van der Waals surface area contributed by atoms with Crippen molar-refractivity contribution >= 4 is 11.3 Å². The Balaban J connectivity index is 0.000001000. The molecule has 0 aliphatic rings. The third-order valence-corrected chi connectivity index (χ3v) is 1.65. The van der Waals surface area contributed by atoms with Crippen LogP contribution in [0.4, 0.5) is 13.2 Å². The number of aryl methyl sites for hydroxylation is 1. The Kier molecular flexibility index (Phi) is 2.94. The molecule has 0 saturated carbocycles. The molecule has 1 heterocycles. The van der Waals surface area contributed by atoms with Crippen LogP contribution in [-0.2, 0) is 6.18 Å². The highest BCUT2D eigenvalue weighted by Gasteiger charge is 2.35. The molecular weight excluding hydrogens is 179 g/mol. The van der Waals surface area contributed by atoms with Crippen LogP contribution in [0.15, 0.2) is 0 Å². The number of aromatic nitrogens is 2. The second-order valence-electron chi connectivity index (χ2n) is 1.62. The Bertz CT molecular complexity index is 231. The van der Waals surface area contributed by atoms with E-state index in [9.17, 15) is 13.2 Å². The molecule has 1 aromatic rings. The summed E-state index contributed by atoms with van der Waals surface area (Å²) in [6.45, 7) is 1.48. The van der Waals surface area contributed by atoms with Gasteiger partial charge in [0.05, 0.1) is 0 Å². The van der Waals surface area contributed by atoms with Gasteiger partial charge in [-0.05, 0) is 6.92 Å². The van der Waals surface area contributed by atoms with E-state index in [2.05, 4.69) is 10.2 Å². The van der Waals surface area contributed by atoms with Crippen LogP contribution < -0.4 is 6.15 Å². The normalized spacial score (nSPS) is 10.9. The lowest BCUT2D eigenvalue weighted by Crippen LogP contribution is -2.03. The lowest BCUT2D eigenvalue weighted by Gasteiger charge is -1.96. The van der Waals surface area contributed by atoms with Crippen molar-refractivity contribution < 1.29 is 13.2 Å². The van der Waals surface area contributed by atoms with E-state index < -0.39 is 11.2 Å². The highest BCUT2D eigenvalue weighted by Crippen LogP contribution is 2.30. The third kappa shape index (κ3) is 2.43. The van der Waals surface area contributed by atoms with Gasteiger partial charge in [0.15, 0.2) is 0 Å². The molecule has 0 fully saturated rings. The van der Waals surface area contributed by atoms with E-state index in [1.54, 1.807) is 0 Å². The van der Waals surface area contributed by atoms with Crippen molar-refractivity contribution in [3.63, 3.8) is 0 Å². The molecule has 0 aliphatic carbocycles. The van der Waals surface area contributed by atoms with Crippen molar-refractivity contribution in [2.45, 2.75) is 13.1 Å². The quantitative estimate of drug-likeness (QED) is 0.672. The van der Waals surface area contributed by atoms with E-state index in [0.29, 0.717) is 16.3 Å². The smallest absolute Gasteiger partial charge is 0.344 e. The minimum absolute atomic E-state index is 0. The average molecular weight is 185 g/mol. The Hall–Kier alpha value is -0.690. The molecule has 0 spiro atoms. The highest BCUT2D eigenvalue weighted by atomic mass is 32.1. The van der Waals surface area contributed by atoms with Gasteiger partial charge in [0.1, 0.15) is 5.01 Å². The molecule has 3 N–H and O–H groups in total. The molecular formula is C4H6F3N3S. The zero-order valence-corrected chi connectivity index (χ0v) is 6.46. The Morgan fingerprint density at radius 1 is 1.27 bits per heavy atom. The predicted molar refractivity (Wildman–Crippen MR) is 34.7 cm³/mol. The van der Waals surface area contributed by atoms with Gasteiger partial charge in [-0.2, -0.15) is 13.2 Å². The number of halogens is 3. The number of alkyl halides is 3. The summed E-state index contributed by atoms with van der Waals surface area (Å²) in [7, 11) is 0. The van der Waals surface area contributed by atoms with E-state index in [-0.39, 0.29) is 6.15 Å². The van der Waals surface area contributed by atoms with E-state index in [1.807, 2.05) is 0 Å². The number of hydrogen-bond acceptors (Lipinski definition) is 4. The van der Waals surface area contributed by atoms with Crippen LogP contribution in [-0.4, -0.2) is 10.2 Å². The average Bonchev–Trinajstić information content (AvgIpc) is 2.11. The zero-order valence-electron chi connectivity index (χ0n) is 5.64. The second-order valence-corrected chi connectivity index (χ2v) is 2.81. The molecule has 64 valence electrons. The zero-order chi connectivity index (χ0) is 7.78. The lowest BCUT2D eigenvalue weighted by atomic mass is 10.7. The summed E-state index contributed by atoms with van der Waals surface area (Å²) in [6, 6.07) is 0. The van der Waals surface area contributed by atoms with Crippen LogP contribution in [0, 0.1) is 6.92 Å². The first-order valence-corrected chi connectivity index (χ1v) is 3.19. The molecule has 0 aromatic carbocycles. The molecule has 0 radical (unpaired) electrons. The summed E-state index contributed by atoms with van der Waals surface area (Å²) in [6.07, 6.45) is -4.34. The van der Waals surface area contributed by atoms with Gasteiger partial charge in [0, 0.05) is 0 Å². The summed E-state index contributed by atoms with van der Waals surface area (Å²) in [5.41, 5.74) is 0. The summed E-state index contributed by atoms with van der Waals surface area (Å²) >= 11 is 0.547. The van der Waals surface area contributed by atoms with E-state index in [4.69, 9.17) is 0 Å². The monoisotopic (exact) mass is 185 g/mol.